The van der Waals surface area contributed by atoms with Crippen molar-refractivity contribution in [2.24, 2.45) is 29.1 Å². The van der Waals surface area contributed by atoms with Crippen LogP contribution in [0.3, 0.4) is 0 Å². The Morgan fingerprint density at radius 1 is 0.973 bits per heavy atom. The van der Waals surface area contributed by atoms with Gasteiger partial charge in [0.25, 0.3) is 0 Å². The lowest BCUT2D eigenvalue weighted by molar-refractivity contribution is -0.679. The van der Waals surface area contributed by atoms with Crippen LogP contribution in [0.1, 0.15) is 126 Å². The summed E-state index contributed by atoms with van der Waals surface area (Å²) in [5, 5.41) is 36.8. The van der Waals surface area contributed by atoms with E-state index in [1.165, 1.54) is 33.3 Å². The van der Waals surface area contributed by atoms with Crippen LogP contribution < -0.4 is 11.0 Å². The van der Waals surface area contributed by atoms with E-state index in [0.717, 1.165) is 22.8 Å². The summed E-state index contributed by atoms with van der Waals surface area (Å²) in [6.07, 6.45) is -1.03. The summed E-state index contributed by atoms with van der Waals surface area (Å²) in [4.78, 5) is 19.2. The van der Waals surface area contributed by atoms with E-state index in [1.54, 1.807) is 31.2 Å². The molecule has 18 nitrogen and oxygen atoms in total. The largest absolute Gasteiger partial charge is 0.459 e. The van der Waals surface area contributed by atoms with E-state index in [-0.39, 0.29) is 35.3 Å². The second kappa shape index (κ2) is 25.6. The number of carbonyl (C=O) groups excluding carboxylic acids is 1. The summed E-state index contributed by atoms with van der Waals surface area (Å²) in [7, 11) is 6.46. The van der Waals surface area contributed by atoms with Crippen LogP contribution in [0.4, 0.5) is 4.39 Å². The average Bonchev–Trinajstić information content (AvgIpc) is 3.82. The Morgan fingerprint density at radius 2 is 1.62 bits per heavy atom. The Morgan fingerprint density at radius 3 is 2.20 bits per heavy atom. The van der Waals surface area contributed by atoms with Crippen molar-refractivity contribution in [2.75, 3.05) is 62.2 Å². The molecule has 3 fully saturated rings. The number of aliphatic hydroxyl groups excluding tert-OH is 2. The van der Waals surface area contributed by atoms with Crippen molar-refractivity contribution in [3.63, 3.8) is 0 Å². The number of likely N-dealkylation sites (N-methyl/N-ethyl adjacent to an activating group) is 1. The van der Waals surface area contributed by atoms with E-state index in [0.29, 0.717) is 37.9 Å². The summed E-state index contributed by atoms with van der Waals surface area (Å²) in [6, 6.07) is 5.24. The molecule has 20 heteroatoms. The van der Waals surface area contributed by atoms with Gasteiger partial charge in [-0.25, -0.2) is 22.5 Å². The number of alkyl halides is 1. The van der Waals surface area contributed by atoms with Crippen molar-refractivity contribution >= 4 is 16.0 Å². The predicted octanol–water partition coefficient (Wildman–Crippen LogP) is 4.36. The van der Waals surface area contributed by atoms with Gasteiger partial charge in [0.1, 0.15) is 48.4 Å². The molecule has 0 bridgehead atoms. The van der Waals surface area contributed by atoms with Crippen molar-refractivity contribution in [2.45, 2.75) is 204 Å². The van der Waals surface area contributed by atoms with E-state index in [1.807, 2.05) is 53.3 Å². The van der Waals surface area contributed by atoms with E-state index in [9.17, 15) is 32.9 Å². The minimum absolute atomic E-state index is 0.0848. The first-order chi connectivity index (χ1) is 34.5. The second-order valence-corrected chi connectivity index (χ2v) is 25.8. The van der Waals surface area contributed by atoms with Gasteiger partial charge >= 0.3 is 5.97 Å². The van der Waals surface area contributed by atoms with Gasteiger partial charge in [0.15, 0.2) is 6.29 Å². The van der Waals surface area contributed by atoms with Crippen LogP contribution in [-0.2, 0) is 43.2 Å². The number of nitrogens with two attached hydrogens (primary N) is 1. The number of halogens is 1. The summed E-state index contributed by atoms with van der Waals surface area (Å²) >= 11 is 0. The van der Waals surface area contributed by atoms with Crippen LogP contribution in [0.25, 0.3) is 0 Å². The van der Waals surface area contributed by atoms with Gasteiger partial charge in [-0.05, 0) is 103 Å². The van der Waals surface area contributed by atoms with Gasteiger partial charge in [-0.3, -0.25) is 9.80 Å². The van der Waals surface area contributed by atoms with Crippen molar-refractivity contribution < 1.29 is 66.8 Å². The van der Waals surface area contributed by atoms with E-state index in [2.05, 4.69) is 57.0 Å². The topological polar surface area (TPSA) is 209 Å². The molecule has 1 aromatic rings. The van der Waals surface area contributed by atoms with Crippen LogP contribution in [0.5, 0.6) is 0 Å². The number of sulfonamides is 1. The molecule has 6 N–H and O–H groups in total. The number of cyclic esters (lactones) is 1. The summed E-state index contributed by atoms with van der Waals surface area (Å²) in [5.41, 5.74) is 3.48. The number of aliphatic hydroxyl groups is 3. The molecule has 0 spiro atoms. The Balaban J connectivity index is 1.41. The minimum Gasteiger partial charge on any atom is -0.459 e. The molecule has 4 aliphatic heterocycles. The van der Waals surface area contributed by atoms with Crippen molar-refractivity contribution in [1.29, 1.82) is 0 Å². The number of esters is 1. The lowest BCUT2D eigenvalue weighted by Crippen LogP contribution is -2.91. The molecule has 0 aliphatic carbocycles. The highest BCUT2D eigenvalue weighted by Crippen LogP contribution is 2.47. The molecule has 18 unspecified atom stereocenters. The van der Waals surface area contributed by atoms with Crippen molar-refractivity contribution in [3.05, 3.63) is 41.7 Å². The zero-order valence-corrected chi connectivity index (χ0v) is 48.5. The van der Waals surface area contributed by atoms with Crippen LogP contribution in [-0.4, -0.2) is 189 Å². The molecular formula is C54H96FN6O12S+. The minimum atomic E-state index is -3.63. The molecular weight excluding hydrogens is 976 g/mol. The third-order valence-corrected chi connectivity index (χ3v) is 19.0. The fourth-order valence-electron chi connectivity index (χ4n) is 12.6. The van der Waals surface area contributed by atoms with Gasteiger partial charge in [-0.1, -0.05) is 59.2 Å². The molecule has 0 saturated carbocycles. The Hall–Kier alpha value is -2.41. The Kier molecular flexibility index (Phi) is 21.6. The van der Waals surface area contributed by atoms with Crippen LogP contribution >= 0.6 is 0 Å². The van der Waals surface area contributed by atoms with Gasteiger partial charge in [0.2, 0.25) is 10.0 Å². The van der Waals surface area contributed by atoms with Gasteiger partial charge in [0, 0.05) is 78.7 Å². The number of ether oxygens (including phenoxy) is 6. The number of nitrogens with one attached hydrogen (secondary N) is 1. The Labute approximate surface area is 442 Å². The van der Waals surface area contributed by atoms with Crippen molar-refractivity contribution in [3.8, 4) is 0 Å². The summed E-state index contributed by atoms with van der Waals surface area (Å²) < 4.78 is 80.4. The third kappa shape index (κ3) is 14.1. The highest BCUT2D eigenvalue weighted by atomic mass is 32.2. The molecule has 4 aliphatic rings. The monoisotopic (exact) mass is 1070 g/mol. The van der Waals surface area contributed by atoms with Gasteiger partial charge in [-0.15, -0.1) is 0 Å². The fourth-order valence-corrected chi connectivity index (χ4v) is 13.5. The zero-order chi connectivity index (χ0) is 55.4. The maximum atomic E-state index is 14.9. The van der Waals surface area contributed by atoms with E-state index < -0.39 is 112 Å². The van der Waals surface area contributed by atoms with Crippen LogP contribution in [0.2, 0.25) is 0 Å². The highest BCUT2D eigenvalue weighted by Gasteiger charge is 2.54. The molecule has 1 aromatic carbocycles. The lowest BCUT2D eigenvalue weighted by Gasteiger charge is -2.51. The molecule has 0 amide bonds. The summed E-state index contributed by atoms with van der Waals surface area (Å²) in [6.45, 7) is 22.2. The van der Waals surface area contributed by atoms with E-state index in [4.69, 9.17) is 28.4 Å². The number of benzene rings is 1. The van der Waals surface area contributed by atoms with Gasteiger partial charge in [0.05, 0.1) is 47.0 Å². The highest BCUT2D eigenvalue weighted by molar-refractivity contribution is 7.89. The number of rotatable bonds is 16. The standard InChI is InChI=1S/C54H95FN6O12S/c1-18-44-54(11,65)48(62)36(6)60(15)30-32(2)27-52(8,9)50(34(4)46(35(5)51(64)72-44)43-28-53(10,69-17)49(63)37(7)71-43)73-45-26-40(25-33(3)70-45)59(14)24-23-39-31-61(57-56-39)42(29-55)47(68-16)38-19-21-41(22-20-38)74(66,67)58(12)13/h19-22,31-37,40,42-50,56-57,62-63,65H,18,23-30H2,1-17H3/p+1. The van der Waals surface area contributed by atoms with Crippen LogP contribution in [0.15, 0.2) is 41.1 Å². The quantitative estimate of drug-likeness (QED) is 0.115. The third-order valence-electron chi connectivity index (χ3n) is 17.2. The van der Waals surface area contributed by atoms with E-state index >= 15 is 0 Å². The van der Waals surface area contributed by atoms with Gasteiger partial charge < -0.3 is 53.5 Å². The molecule has 426 valence electrons. The first-order valence-corrected chi connectivity index (χ1v) is 28.3. The first kappa shape index (κ1) is 62.4. The van der Waals surface area contributed by atoms with Crippen molar-refractivity contribution in [1.82, 2.24) is 24.6 Å². The van der Waals surface area contributed by atoms with Crippen LogP contribution in [0, 0.1) is 29.1 Å². The Bertz CT molecular complexity index is 2110. The first-order valence-electron chi connectivity index (χ1n) is 26.9. The molecule has 18 atom stereocenters. The number of carbonyl (C=O) groups is 1. The smallest absolute Gasteiger partial charge is 0.309 e. The number of quaternary nitrogens is 1. The lowest BCUT2D eigenvalue weighted by atomic mass is 9.65. The molecule has 0 radical (unpaired) electrons. The number of methoxy groups -OCH3 is 2. The second-order valence-electron chi connectivity index (χ2n) is 23.7. The molecule has 74 heavy (non-hydrogen) atoms. The predicted molar refractivity (Wildman–Crippen MR) is 280 cm³/mol. The number of hydrazine groups is 1. The average molecular weight is 1070 g/mol. The summed E-state index contributed by atoms with van der Waals surface area (Å²) in [5.74, 6) is -2.04. The zero-order valence-electron chi connectivity index (χ0n) is 47.7. The maximum absolute atomic E-state index is 14.9. The molecule has 3 saturated heterocycles. The SMILES string of the molecule is CCC1OC(=O)C(C)C(C2CC(C)(OC)C(O)C(C)O2)C(C)C(OC2CC(N(C)CCC3=CN(C(CF)C(OC)c4ccc(S(=O)(=O)N(C)C)cc4)N[NH2+]3)CC(C)O2)C(C)(C)CC(C)CN(C)C(C)C(O)C1(C)O. The normalized spacial score (nSPS) is 38.3. The number of hydrogen-bond acceptors (Lipinski definition) is 16. The fraction of sp³-hybridized carbons (Fsp3) is 0.833. The van der Waals surface area contributed by atoms with Gasteiger partial charge in [-0.2, -0.15) is 0 Å². The maximum Gasteiger partial charge on any atom is 0.309 e. The molecule has 5 rings (SSSR count). The number of nitrogens with zero attached hydrogens (tertiary/aromatic N) is 4. The molecule has 4 heterocycles. The number of hydrogen-bond donors (Lipinski definition) is 5. The molecule has 0 aromatic heterocycles.